The van der Waals surface area contributed by atoms with Crippen molar-refractivity contribution >= 4 is 5.71 Å². The molecule has 0 aliphatic carbocycles. The number of nitrogens with zero attached hydrogens (tertiary/aromatic N) is 4. The minimum absolute atomic E-state index is 0.295. The van der Waals surface area contributed by atoms with Crippen LogP contribution in [0.15, 0.2) is 40.6 Å². The van der Waals surface area contributed by atoms with E-state index in [1.165, 1.54) is 0 Å². The van der Waals surface area contributed by atoms with E-state index in [2.05, 4.69) is 15.2 Å². The summed E-state index contributed by atoms with van der Waals surface area (Å²) in [4.78, 5) is 8.07. The Morgan fingerprint density at radius 3 is 2.94 bits per heavy atom. The topological polar surface area (TPSA) is 70.4 Å². The van der Waals surface area contributed by atoms with Crippen LogP contribution in [0.1, 0.15) is 18.9 Å². The van der Waals surface area contributed by atoms with E-state index in [1.807, 2.05) is 37.3 Å². The zero-order valence-corrected chi connectivity index (χ0v) is 9.00. The van der Waals surface area contributed by atoms with Crippen molar-refractivity contribution < 1.29 is 4.84 Å². The molecular formula is C11H12N4O. The summed E-state index contributed by atoms with van der Waals surface area (Å²) in [6.07, 6.45) is 0.663. The van der Waals surface area contributed by atoms with E-state index in [9.17, 15) is 0 Å². The van der Waals surface area contributed by atoms with Gasteiger partial charge in [-0.25, -0.2) is 0 Å². The van der Waals surface area contributed by atoms with Crippen molar-refractivity contribution in [3.63, 3.8) is 0 Å². The Hall–Kier alpha value is -2.00. The van der Waals surface area contributed by atoms with Crippen molar-refractivity contribution in [3.8, 4) is 0 Å². The average molecular weight is 216 g/mol. The van der Waals surface area contributed by atoms with Crippen LogP contribution < -0.4 is 0 Å². The Morgan fingerprint density at radius 1 is 1.50 bits per heavy atom. The highest BCUT2D eigenvalue weighted by Crippen LogP contribution is 2.26. The molecule has 0 saturated heterocycles. The third-order valence-electron chi connectivity index (χ3n) is 2.49. The summed E-state index contributed by atoms with van der Waals surface area (Å²) in [7, 11) is 0. The summed E-state index contributed by atoms with van der Waals surface area (Å²) < 4.78 is 0. The van der Waals surface area contributed by atoms with Crippen LogP contribution in [0.4, 0.5) is 0 Å². The molecule has 0 saturated carbocycles. The second-order valence-electron chi connectivity index (χ2n) is 4.01. The summed E-state index contributed by atoms with van der Waals surface area (Å²) in [6, 6.07) is 9.85. The molecule has 1 heterocycles. The Bertz CT molecular complexity index is 450. The van der Waals surface area contributed by atoms with Crippen LogP contribution >= 0.6 is 0 Å². The first-order valence-electron chi connectivity index (χ1n) is 5.05. The summed E-state index contributed by atoms with van der Waals surface area (Å²) in [5.41, 5.74) is 9.73. The predicted octanol–water partition coefficient (Wildman–Crippen LogP) is 2.88. The number of rotatable bonds is 3. The Morgan fingerprint density at radius 2 is 2.25 bits per heavy atom. The highest BCUT2D eigenvalue weighted by molar-refractivity contribution is 6.01. The normalized spacial score (nSPS) is 23.2. The van der Waals surface area contributed by atoms with Gasteiger partial charge in [-0.15, -0.1) is 0 Å². The Balaban J connectivity index is 2.10. The maximum Gasteiger partial charge on any atom is 0.146 e. The molecule has 5 nitrogen and oxygen atoms in total. The van der Waals surface area contributed by atoms with Gasteiger partial charge in [0, 0.05) is 11.3 Å². The molecule has 0 N–H and O–H groups in total. The molecule has 1 aromatic rings. The molecule has 0 aromatic heterocycles. The second-order valence-corrected chi connectivity index (χ2v) is 4.01. The van der Waals surface area contributed by atoms with Crippen LogP contribution in [-0.4, -0.2) is 17.9 Å². The zero-order chi connectivity index (χ0) is 11.4. The van der Waals surface area contributed by atoms with Crippen LogP contribution in [0.5, 0.6) is 0 Å². The summed E-state index contributed by atoms with van der Waals surface area (Å²) in [6.45, 7) is 2.18. The first-order valence-corrected chi connectivity index (χ1v) is 5.05. The number of oxime groups is 1. The van der Waals surface area contributed by atoms with Crippen molar-refractivity contribution in [1.82, 2.24) is 0 Å². The van der Waals surface area contributed by atoms with Crippen LogP contribution in [0.3, 0.4) is 0 Å². The van der Waals surface area contributed by atoms with Gasteiger partial charge in [0.2, 0.25) is 0 Å². The van der Waals surface area contributed by atoms with Gasteiger partial charge in [-0.2, -0.15) is 0 Å². The van der Waals surface area contributed by atoms with E-state index in [0.29, 0.717) is 13.0 Å². The fraction of sp³-hybridized carbons (Fsp3) is 0.364. The van der Waals surface area contributed by atoms with Gasteiger partial charge in [0.1, 0.15) is 5.60 Å². The molecule has 5 heteroatoms. The molecule has 1 aliphatic rings. The average Bonchev–Trinajstić information content (AvgIpc) is 2.71. The minimum Gasteiger partial charge on any atom is -0.389 e. The van der Waals surface area contributed by atoms with Gasteiger partial charge in [0.25, 0.3) is 0 Å². The lowest BCUT2D eigenvalue weighted by Gasteiger charge is -2.17. The van der Waals surface area contributed by atoms with Gasteiger partial charge in [0.15, 0.2) is 0 Å². The van der Waals surface area contributed by atoms with Crippen molar-refractivity contribution in [2.45, 2.75) is 18.9 Å². The van der Waals surface area contributed by atoms with E-state index in [0.717, 1.165) is 11.3 Å². The molecule has 0 bridgehead atoms. The second kappa shape index (κ2) is 4.24. The van der Waals surface area contributed by atoms with E-state index in [-0.39, 0.29) is 0 Å². The standard InChI is InChI=1S/C11H12N4O/c1-11(8-13-15-12)7-10(14-16-11)9-5-3-2-4-6-9/h2-6H,7-8H2,1H3. The van der Waals surface area contributed by atoms with Crippen molar-refractivity contribution in [2.24, 2.45) is 10.3 Å². The third-order valence-corrected chi connectivity index (χ3v) is 2.49. The molecule has 0 radical (unpaired) electrons. The van der Waals surface area contributed by atoms with E-state index in [4.69, 9.17) is 10.4 Å². The number of azide groups is 1. The van der Waals surface area contributed by atoms with E-state index in [1.54, 1.807) is 0 Å². The van der Waals surface area contributed by atoms with Crippen LogP contribution in [0, 0.1) is 0 Å². The molecule has 82 valence electrons. The van der Waals surface area contributed by atoms with Gasteiger partial charge < -0.3 is 4.84 Å². The first kappa shape index (κ1) is 10.5. The number of benzene rings is 1. The van der Waals surface area contributed by atoms with E-state index < -0.39 is 5.60 Å². The lowest BCUT2D eigenvalue weighted by atomic mass is 9.96. The Labute approximate surface area is 93.3 Å². The summed E-state index contributed by atoms with van der Waals surface area (Å²) in [5, 5.41) is 7.58. The smallest absolute Gasteiger partial charge is 0.146 e. The number of hydrogen-bond acceptors (Lipinski definition) is 3. The van der Waals surface area contributed by atoms with Gasteiger partial charge in [-0.3, -0.25) is 0 Å². The maximum atomic E-state index is 8.29. The van der Waals surface area contributed by atoms with Crippen LogP contribution in [0.2, 0.25) is 0 Å². The van der Waals surface area contributed by atoms with Gasteiger partial charge in [-0.1, -0.05) is 40.6 Å². The molecule has 2 rings (SSSR count). The largest absolute Gasteiger partial charge is 0.389 e. The SMILES string of the molecule is CC1(CN=[N+]=[N-])CC(c2ccccc2)=NO1. The Kier molecular flexibility index (Phi) is 2.79. The molecule has 1 unspecified atom stereocenters. The fourth-order valence-corrected chi connectivity index (χ4v) is 1.64. The zero-order valence-electron chi connectivity index (χ0n) is 9.00. The first-order chi connectivity index (χ1) is 7.73. The molecule has 1 aromatic carbocycles. The highest BCUT2D eigenvalue weighted by atomic mass is 16.7. The lowest BCUT2D eigenvalue weighted by molar-refractivity contribution is 0.00432. The van der Waals surface area contributed by atoms with E-state index >= 15 is 0 Å². The number of hydrogen-bond donors (Lipinski definition) is 0. The molecule has 0 fully saturated rings. The summed E-state index contributed by atoms with van der Waals surface area (Å²) >= 11 is 0. The highest BCUT2D eigenvalue weighted by Gasteiger charge is 2.33. The third kappa shape index (κ3) is 2.15. The van der Waals surface area contributed by atoms with Gasteiger partial charge >= 0.3 is 0 Å². The van der Waals surface area contributed by atoms with Crippen LogP contribution in [0.25, 0.3) is 10.4 Å². The fourth-order valence-electron chi connectivity index (χ4n) is 1.64. The summed E-state index contributed by atoms with van der Waals surface area (Å²) in [5.74, 6) is 0. The predicted molar refractivity (Wildman–Crippen MR) is 61.1 cm³/mol. The monoisotopic (exact) mass is 216 g/mol. The van der Waals surface area contributed by atoms with Crippen molar-refractivity contribution in [3.05, 3.63) is 46.3 Å². The van der Waals surface area contributed by atoms with Gasteiger partial charge in [-0.05, 0) is 18.0 Å². The van der Waals surface area contributed by atoms with Crippen LogP contribution in [-0.2, 0) is 4.84 Å². The maximum absolute atomic E-state index is 8.29. The van der Waals surface area contributed by atoms with Gasteiger partial charge in [0.05, 0.1) is 12.3 Å². The molecule has 1 atom stereocenters. The molecule has 16 heavy (non-hydrogen) atoms. The molecule has 1 aliphatic heterocycles. The minimum atomic E-state index is -0.503. The van der Waals surface area contributed by atoms with Crippen molar-refractivity contribution in [1.29, 1.82) is 0 Å². The molecular weight excluding hydrogens is 204 g/mol. The van der Waals surface area contributed by atoms with Crippen molar-refractivity contribution in [2.75, 3.05) is 6.54 Å². The molecule has 0 amide bonds. The quantitative estimate of drug-likeness (QED) is 0.435. The lowest BCUT2D eigenvalue weighted by Crippen LogP contribution is -2.28. The molecule has 0 spiro atoms.